The minimum absolute atomic E-state index is 0.0643. The van der Waals surface area contributed by atoms with Gasteiger partial charge in [-0.2, -0.15) is 4.31 Å². The molecule has 0 aliphatic carbocycles. The minimum Gasteiger partial charge on any atom is -0.327 e. The van der Waals surface area contributed by atoms with E-state index in [0.29, 0.717) is 29.6 Å². The Labute approximate surface area is 129 Å². The average molecular weight is 337 g/mol. The van der Waals surface area contributed by atoms with Gasteiger partial charge < -0.3 is 5.73 Å². The van der Waals surface area contributed by atoms with Crippen LogP contribution in [0.4, 0.5) is 0 Å². The highest BCUT2D eigenvalue weighted by atomic mass is 35.5. The van der Waals surface area contributed by atoms with Gasteiger partial charge in [0.25, 0.3) is 0 Å². The predicted molar refractivity (Wildman–Crippen MR) is 81.6 cm³/mol. The molecule has 1 aromatic rings. The Morgan fingerprint density at radius 1 is 1.30 bits per heavy atom. The summed E-state index contributed by atoms with van der Waals surface area (Å²) in [5, 5.41) is 0.633. The first-order valence-electron chi connectivity index (χ1n) is 6.56. The first kappa shape index (κ1) is 16.0. The maximum Gasteiger partial charge on any atom is 0.243 e. The number of hydrogen-bond donors (Lipinski definition) is 1. The van der Waals surface area contributed by atoms with Crippen molar-refractivity contribution in [3.8, 4) is 0 Å². The van der Waals surface area contributed by atoms with E-state index in [1.165, 1.54) is 22.5 Å². The first-order valence-corrected chi connectivity index (χ1v) is 8.76. The molecule has 4 nitrogen and oxygen atoms in total. The van der Waals surface area contributed by atoms with Gasteiger partial charge in [-0.15, -0.1) is 0 Å². The molecule has 0 saturated carbocycles. The summed E-state index contributed by atoms with van der Waals surface area (Å²) in [5.74, 6) is 0.188. The van der Waals surface area contributed by atoms with Crippen LogP contribution in [-0.2, 0) is 10.0 Å². The lowest BCUT2D eigenvalue weighted by molar-refractivity contribution is 0.230. The smallest absolute Gasteiger partial charge is 0.243 e. The largest absolute Gasteiger partial charge is 0.327 e. The molecule has 0 amide bonds. The number of sulfonamides is 1. The number of hydrogen-bond acceptors (Lipinski definition) is 3. The lowest BCUT2D eigenvalue weighted by Crippen LogP contribution is -2.48. The lowest BCUT2D eigenvalue weighted by Gasteiger charge is -2.35. The summed E-state index contributed by atoms with van der Waals surface area (Å²) in [7, 11) is -3.56. The summed E-state index contributed by atoms with van der Waals surface area (Å²) in [6.45, 7) is 2.91. The SMILES string of the molecule is CCC1CN(S(=O)(=O)c2cc(Cl)cc(Cl)c2)CCC1N. The highest BCUT2D eigenvalue weighted by Gasteiger charge is 2.33. The number of rotatable bonds is 3. The second kappa shape index (κ2) is 6.20. The summed E-state index contributed by atoms with van der Waals surface area (Å²) in [5.41, 5.74) is 6.02. The molecule has 0 radical (unpaired) electrons. The summed E-state index contributed by atoms with van der Waals surface area (Å²) in [6, 6.07) is 4.44. The van der Waals surface area contributed by atoms with Crippen molar-refractivity contribution in [2.24, 2.45) is 11.7 Å². The Morgan fingerprint density at radius 3 is 2.45 bits per heavy atom. The van der Waals surface area contributed by atoms with Gasteiger partial charge in [-0.3, -0.25) is 0 Å². The van der Waals surface area contributed by atoms with Crippen LogP contribution in [0.25, 0.3) is 0 Å². The molecule has 1 aliphatic rings. The van der Waals surface area contributed by atoms with Gasteiger partial charge >= 0.3 is 0 Å². The molecule has 2 unspecified atom stereocenters. The van der Waals surface area contributed by atoms with Crippen LogP contribution in [0.5, 0.6) is 0 Å². The molecule has 1 fully saturated rings. The van der Waals surface area contributed by atoms with Crippen LogP contribution in [-0.4, -0.2) is 31.9 Å². The van der Waals surface area contributed by atoms with Gasteiger partial charge in [0, 0.05) is 29.2 Å². The van der Waals surface area contributed by atoms with Crippen molar-refractivity contribution in [2.45, 2.75) is 30.7 Å². The number of piperidine rings is 1. The molecule has 112 valence electrons. The summed E-state index contributed by atoms with van der Waals surface area (Å²) in [4.78, 5) is 0.139. The topological polar surface area (TPSA) is 63.4 Å². The Hall–Kier alpha value is -0.330. The van der Waals surface area contributed by atoms with Gasteiger partial charge in [0.2, 0.25) is 10.0 Å². The Balaban J connectivity index is 2.30. The Bertz CT molecular complexity index is 572. The third-order valence-corrected chi connectivity index (χ3v) is 6.03. The molecule has 2 atom stereocenters. The van der Waals surface area contributed by atoms with E-state index in [-0.39, 0.29) is 16.9 Å². The van der Waals surface area contributed by atoms with Gasteiger partial charge in [0.1, 0.15) is 0 Å². The van der Waals surface area contributed by atoms with Gasteiger partial charge in [-0.05, 0) is 30.5 Å². The Kier molecular flexibility index (Phi) is 4.97. The van der Waals surface area contributed by atoms with E-state index in [1.54, 1.807) is 0 Å². The predicted octanol–water partition coefficient (Wildman–Crippen LogP) is 2.74. The van der Waals surface area contributed by atoms with Crippen molar-refractivity contribution in [1.29, 1.82) is 0 Å². The van der Waals surface area contributed by atoms with Gasteiger partial charge in [-0.25, -0.2) is 8.42 Å². The van der Waals surface area contributed by atoms with Crippen LogP contribution in [0.1, 0.15) is 19.8 Å². The fraction of sp³-hybridized carbons (Fsp3) is 0.538. The van der Waals surface area contributed by atoms with Gasteiger partial charge in [-0.1, -0.05) is 36.5 Å². The van der Waals surface area contributed by atoms with E-state index < -0.39 is 10.0 Å². The van der Waals surface area contributed by atoms with E-state index in [2.05, 4.69) is 0 Å². The molecular weight excluding hydrogens is 319 g/mol. The highest BCUT2D eigenvalue weighted by molar-refractivity contribution is 7.89. The van der Waals surface area contributed by atoms with Crippen molar-refractivity contribution in [3.05, 3.63) is 28.2 Å². The maximum absolute atomic E-state index is 12.6. The third-order valence-electron chi connectivity index (χ3n) is 3.75. The fourth-order valence-corrected chi connectivity index (χ4v) is 4.73. The average Bonchev–Trinajstić information content (AvgIpc) is 2.37. The van der Waals surface area contributed by atoms with Gasteiger partial charge in [0.15, 0.2) is 0 Å². The molecule has 1 saturated heterocycles. The molecule has 1 aromatic carbocycles. The van der Waals surface area contributed by atoms with Crippen molar-refractivity contribution >= 4 is 33.2 Å². The number of halogens is 2. The zero-order valence-corrected chi connectivity index (χ0v) is 13.5. The molecule has 1 aliphatic heterocycles. The zero-order chi connectivity index (χ0) is 14.9. The third kappa shape index (κ3) is 3.28. The quantitative estimate of drug-likeness (QED) is 0.922. The van der Waals surface area contributed by atoms with Gasteiger partial charge in [0.05, 0.1) is 4.90 Å². The Morgan fingerprint density at radius 2 is 1.90 bits per heavy atom. The molecule has 0 aromatic heterocycles. The highest BCUT2D eigenvalue weighted by Crippen LogP contribution is 2.28. The summed E-state index contributed by atoms with van der Waals surface area (Å²) >= 11 is 11.8. The van der Waals surface area contributed by atoms with Crippen molar-refractivity contribution in [3.63, 3.8) is 0 Å². The normalized spacial score (nSPS) is 24.8. The molecule has 7 heteroatoms. The zero-order valence-electron chi connectivity index (χ0n) is 11.2. The second-order valence-electron chi connectivity index (χ2n) is 5.09. The van der Waals surface area contributed by atoms with E-state index in [4.69, 9.17) is 28.9 Å². The standard InChI is InChI=1S/C13H18Cl2N2O2S/c1-2-9-8-17(4-3-13(9)16)20(18,19)12-6-10(14)5-11(15)7-12/h5-7,9,13H,2-4,8,16H2,1H3. The minimum atomic E-state index is -3.56. The number of nitrogens with zero attached hydrogens (tertiary/aromatic N) is 1. The molecule has 0 spiro atoms. The van der Waals surface area contributed by atoms with E-state index in [1.807, 2.05) is 6.92 Å². The van der Waals surface area contributed by atoms with Crippen LogP contribution in [0.2, 0.25) is 10.0 Å². The van der Waals surface area contributed by atoms with Crippen molar-refractivity contribution < 1.29 is 8.42 Å². The summed E-state index contributed by atoms with van der Waals surface area (Å²) < 4.78 is 26.7. The molecule has 20 heavy (non-hydrogen) atoms. The molecule has 2 rings (SSSR count). The van der Waals surface area contributed by atoms with E-state index >= 15 is 0 Å². The van der Waals surface area contributed by atoms with Crippen LogP contribution in [0, 0.1) is 5.92 Å². The number of benzene rings is 1. The maximum atomic E-state index is 12.6. The number of nitrogens with two attached hydrogens (primary N) is 1. The lowest BCUT2D eigenvalue weighted by atomic mass is 9.92. The van der Waals surface area contributed by atoms with Crippen molar-refractivity contribution in [1.82, 2.24) is 4.31 Å². The monoisotopic (exact) mass is 336 g/mol. The first-order chi connectivity index (χ1) is 9.34. The van der Waals surface area contributed by atoms with Crippen LogP contribution in [0.15, 0.2) is 23.1 Å². The molecule has 1 heterocycles. The second-order valence-corrected chi connectivity index (χ2v) is 7.90. The fourth-order valence-electron chi connectivity index (χ4n) is 2.49. The van der Waals surface area contributed by atoms with Crippen LogP contribution >= 0.6 is 23.2 Å². The molecule has 2 N–H and O–H groups in total. The van der Waals surface area contributed by atoms with Crippen LogP contribution in [0.3, 0.4) is 0 Å². The summed E-state index contributed by atoms with van der Waals surface area (Å²) in [6.07, 6.45) is 1.54. The molecule has 0 bridgehead atoms. The van der Waals surface area contributed by atoms with E-state index in [9.17, 15) is 8.42 Å². The van der Waals surface area contributed by atoms with E-state index in [0.717, 1.165) is 6.42 Å². The molecular formula is C13H18Cl2N2O2S. The van der Waals surface area contributed by atoms with Crippen LogP contribution < -0.4 is 5.73 Å². The van der Waals surface area contributed by atoms with Crippen molar-refractivity contribution in [2.75, 3.05) is 13.1 Å².